The SMILES string of the molecule is CC(C)(C)OC(=O)[C@@H]1N2C(=O)C(=O)[C@H]2SC1(C)C. The molecule has 5 nitrogen and oxygen atoms in total. The Morgan fingerprint density at radius 1 is 1.33 bits per heavy atom. The van der Waals surface area contributed by atoms with Gasteiger partial charge in [0.2, 0.25) is 0 Å². The summed E-state index contributed by atoms with van der Waals surface area (Å²) in [5, 5.41) is -0.509. The van der Waals surface area contributed by atoms with E-state index < -0.39 is 39.4 Å². The van der Waals surface area contributed by atoms with Crippen LogP contribution in [0, 0.1) is 0 Å². The lowest BCUT2D eigenvalue weighted by atomic mass is 9.97. The Morgan fingerprint density at radius 3 is 2.39 bits per heavy atom. The van der Waals surface area contributed by atoms with Crippen molar-refractivity contribution in [1.82, 2.24) is 4.90 Å². The Morgan fingerprint density at radius 2 is 1.89 bits per heavy atom. The highest BCUT2D eigenvalue weighted by Gasteiger charge is 2.64. The van der Waals surface area contributed by atoms with E-state index in [1.807, 2.05) is 13.8 Å². The summed E-state index contributed by atoms with van der Waals surface area (Å²) in [6.07, 6.45) is 0. The van der Waals surface area contributed by atoms with Crippen molar-refractivity contribution >= 4 is 29.4 Å². The lowest BCUT2D eigenvalue weighted by molar-refractivity contribution is -0.172. The van der Waals surface area contributed by atoms with Crippen molar-refractivity contribution in [2.75, 3.05) is 0 Å². The monoisotopic (exact) mass is 271 g/mol. The molecule has 0 saturated carbocycles. The van der Waals surface area contributed by atoms with Gasteiger partial charge in [-0.1, -0.05) is 0 Å². The quantitative estimate of drug-likeness (QED) is 0.404. The van der Waals surface area contributed by atoms with E-state index in [-0.39, 0.29) is 0 Å². The van der Waals surface area contributed by atoms with Crippen LogP contribution in [0.4, 0.5) is 0 Å². The molecule has 2 atom stereocenters. The predicted octanol–water partition coefficient (Wildman–Crippen LogP) is 0.959. The lowest BCUT2D eigenvalue weighted by Crippen LogP contribution is -2.63. The summed E-state index contributed by atoms with van der Waals surface area (Å²) >= 11 is 1.35. The number of ether oxygens (including phenoxy) is 1. The molecular formula is C12H17NO4S. The van der Waals surface area contributed by atoms with Gasteiger partial charge < -0.3 is 9.64 Å². The maximum Gasteiger partial charge on any atom is 0.330 e. The Bertz CT molecular complexity index is 438. The van der Waals surface area contributed by atoms with E-state index in [0.29, 0.717) is 0 Å². The van der Waals surface area contributed by atoms with E-state index in [1.54, 1.807) is 20.8 Å². The summed E-state index contributed by atoms with van der Waals surface area (Å²) in [4.78, 5) is 36.5. The first kappa shape index (κ1) is 13.4. The van der Waals surface area contributed by atoms with Crippen LogP contribution in [0.15, 0.2) is 0 Å². The summed E-state index contributed by atoms with van der Waals surface area (Å²) in [6.45, 7) is 9.04. The van der Waals surface area contributed by atoms with Gasteiger partial charge in [0.05, 0.1) is 0 Å². The molecule has 0 unspecified atom stereocenters. The van der Waals surface area contributed by atoms with E-state index in [1.165, 1.54) is 16.7 Å². The number of hydrogen-bond acceptors (Lipinski definition) is 5. The zero-order valence-electron chi connectivity index (χ0n) is 11.1. The van der Waals surface area contributed by atoms with Crippen molar-refractivity contribution in [1.29, 1.82) is 0 Å². The van der Waals surface area contributed by atoms with Crippen LogP contribution in [0.25, 0.3) is 0 Å². The third kappa shape index (κ3) is 1.92. The van der Waals surface area contributed by atoms with Crippen molar-refractivity contribution in [2.45, 2.75) is 56.4 Å². The number of hydrogen-bond donors (Lipinski definition) is 0. The molecule has 0 radical (unpaired) electrons. The summed E-state index contributed by atoms with van der Waals surface area (Å²) in [5.41, 5.74) is -0.603. The summed E-state index contributed by atoms with van der Waals surface area (Å²) in [6, 6.07) is -0.683. The molecule has 2 aliphatic rings. The van der Waals surface area contributed by atoms with Gasteiger partial charge in [-0.25, -0.2) is 4.79 Å². The maximum atomic E-state index is 12.2. The molecule has 2 rings (SSSR count). The van der Waals surface area contributed by atoms with E-state index in [4.69, 9.17) is 4.74 Å². The normalized spacial score (nSPS) is 29.9. The van der Waals surface area contributed by atoms with Crippen LogP contribution in [0.1, 0.15) is 34.6 Å². The maximum absolute atomic E-state index is 12.2. The van der Waals surface area contributed by atoms with E-state index >= 15 is 0 Å². The van der Waals surface area contributed by atoms with Crippen molar-refractivity contribution in [2.24, 2.45) is 0 Å². The number of Topliss-reactive ketones (excluding diaryl/α,β-unsaturated/α-hetero) is 1. The van der Waals surface area contributed by atoms with Crippen LogP contribution < -0.4 is 0 Å². The standard InChI is InChI=1S/C12H17NO4S/c1-11(2,3)17-10(16)7-12(4,5)18-9-6(14)8(15)13(7)9/h7,9H,1-5H3/t7-,9+/m0/s1. The van der Waals surface area contributed by atoms with Crippen LogP contribution in [-0.2, 0) is 19.1 Å². The van der Waals surface area contributed by atoms with Gasteiger partial charge in [0.25, 0.3) is 11.7 Å². The number of nitrogens with zero attached hydrogens (tertiary/aromatic N) is 1. The zero-order valence-corrected chi connectivity index (χ0v) is 12.0. The van der Waals surface area contributed by atoms with Gasteiger partial charge in [-0.2, -0.15) is 0 Å². The fourth-order valence-corrected chi connectivity index (χ4v) is 3.66. The van der Waals surface area contributed by atoms with Gasteiger partial charge in [0, 0.05) is 4.75 Å². The van der Waals surface area contributed by atoms with Crippen molar-refractivity contribution < 1.29 is 19.1 Å². The third-order valence-corrected chi connectivity index (χ3v) is 4.40. The number of carbonyl (C=O) groups excluding carboxylic acids is 3. The largest absolute Gasteiger partial charge is 0.458 e. The second kappa shape index (κ2) is 3.73. The van der Waals surface area contributed by atoms with Crippen molar-refractivity contribution in [3.8, 4) is 0 Å². The Hall–Kier alpha value is -1.04. The minimum absolute atomic E-state index is 0.417. The van der Waals surface area contributed by atoms with Crippen LogP contribution in [0.2, 0.25) is 0 Å². The highest BCUT2D eigenvalue weighted by Crippen LogP contribution is 2.49. The van der Waals surface area contributed by atoms with Gasteiger partial charge in [-0.15, -0.1) is 11.8 Å². The number of β-lactam (4-membered cyclic amide) rings is 1. The summed E-state index contributed by atoms with van der Waals surface area (Å²) in [7, 11) is 0. The molecule has 18 heavy (non-hydrogen) atoms. The van der Waals surface area contributed by atoms with Crippen LogP contribution in [-0.4, -0.2) is 44.3 Å². The number of esters is 1. The fraction of sp³-hybridized carbons (Fsp3) is 0.750. The first-order valence-electron chi connectivity index (χ1n) is 5.82. The first-order valence-corrected chi connectivity index (χ1v) is 6.70. The van der Waals surface area contributed by atoms with E-state index in [9.17, 15) is 14.4 Å². The highest BCUT2D eigenvalue weighted by molar-refractivity contribution is 8.02. The average Bonchev–Trinajstić information content (AvgIpc) is 2.44. The Balaban J connectivity index is 2.23. The lowest BCUT2D eigenvalue weighted by Gasteiger charge is -2.36. The molecule has 1 amide bonds. The molecule has 0 aliphatic carbocycles. The number of thioether (sulfide) groups is 1. The van der Waals surface area contributed by atoms with Crippen LogP contribution in [0.5, 0.6) is 0 Å². The molecule has 0 aromatic rings. The molecule has 0 aromatic heterocycles. The van der Waals surface area contributed by atoms with Gasteiger partial charge in [0.1, 0.15) is 17.0 Å². The van der Waals surface area contributed by atoms with Gasteiger partial charge in [-0.05, 0) is 34.6 Å². The molecule has 6 heteroatoms. The Kier molecular flexibility index (Phi) is 2.77. The second-order valence-corrected chi connectivity index (χ2v) is 7.82. The molecule has 100 valence electrons. The topological polar surface area (TPSA) is 63.7 Å². The van der Waals surface area contributed by atoms with E-state index in [2.05, 4.69) is 0 Å². The molecule has 0 N–H and O–H groups in total. The van der Waals surface area contributed by atoms with Gasteiger partial charge >= 0.3 is 5.97 Å². The first-order chi connectivity index (χ1) is 8.04. The van der Waals surface area contributed by atoms with Gasteiger partial charge in [-0.3, -0.25) is 9.59 Å². The minimum Gasteiger partial charge on any atom is -0.458 e. The van der Waals surface area contributed by atoms with E-state index in [0.717, 1.165) is 0 Å². The molecular weight excluding hydrogens is 254 g/mol. The molecule has 0 spiro atoms. The average molecular weight is 271 g/mol. The molecule has 0 aromatic carbocycles. The summed E-state index contributed by atoms with van der Waals surface area (Å²) < 4.78 is 4.83. The van der Waals surface area contributed by atoms with Crippen molar-refractivity contribution in [3.63, 3.8) is 0 Å². The molecule has 2 saturated heterocycles. The smallest absolute Gasteiger partial charge is 0.330 e. The number of amides is 1. The van der Waals surface area contributed by atoms with Crippen LogP contribution >= 0.6 is 11.8 Å². The highest BCUT2D eigenvalue weighted by atomic mass is 32.2. The number of rotatable bonds is 1. The molecule has 2 fully saturated rings. The predicted molar refractivity (Wildman–Crippen MR) is 66.9 cm³/mol. The summed E-state index contributed by atoms with van der Waals surface area (Å²) in [5.74, 6) is -1.43. The fourth-order valence-electron chi connectivity index (χ4n) is 2.20. The third-order valence-electron chi connectivity index (χ3n) is 2.90. The number of ketones is 1. The van der Waals surface area contributed by atoms with Crippen molar-refractivity contribution in [3.05, 3.63) is 0 Å². The molecule has 2 heterocycles. The van der Waals surface area contributed by atoms with Crippen LogP contribution in [0.3, 0.4) is 0 Å². The number of fused-ring (bicyclic) bond motifs is 1. The second-order valence-electron chi connectivity index (χ2n) is 6.09. The van der Waals surface area contributed by atoms with Gasteiger partial charge in [0.15, 0.2) is 0 Å². The zero-order chi connectivity index (χ0) is 13.9. The molecule has 2 aliphatic heterocycles. The molecule has 0 bridgehead atoms. The minimum atomic E-state index is -0.683. The Labute approximate surface area is 110 Å². The number of carbonyl (C=O) groups is 3.